The second kappa shape index (κ2) is 5.54. The fourth-order valence-electron chi connectivity index (χ4n) is 1.69. The van der Waals surface area contributed by atoms with Crippen LogP contribution in [0.1, 0.15) is 40.2 Å². The standard InChI is InChI=1S/C15H24O2S/c1-14(2,3)12-9-11(7-8-13(12)17-6)18-15(4,5)10-16/h7-9,16H,10H2,1-6H3. The zero-order chi connectivity index (χ0) is 14.0. The largest absolute Gasteiger partial charge is 0.496 e. The molecule has 0 amide bonds. The van der Waals surface area contributed by atoms with Gasteiger partial charge in [-0.25, -0.2) is 0 Å². The molecule has 0 aliphatic carbocycles. The Bertz CT molecular complexity index is 405. The monoisotopic (exact) mass is 268 g/mol. The summed E-state index contributed by atoms with van der Waals surface area (Å²) in [5.41, 5.74) is 1.24. The highest BCUT2D eigenvalue weighted by Crippen LogP contribution is 2.38. The fourth-order valence-corrected chi connectivity index (χ4v) is 2.70. The van der Waals surface area contributed by atoms with Gasteiger partial charge in [-0.05, 0) is 37.5 Å². The number of aliphatic hydroxyl groups excluding tert-OH is 1. The average Bonchev–Trinajstić information content (AvgIpc) is 2.27. The van der Waals surface area contributed by atoms with Crippen LogP contribution in [0.2, 0.25) is 0 Å². The fraction of sp³-hybridized carbons (Fsp3) is 0.600. The Hall–Kier alpha value is -0.670. The van der Waals surface area contributed by atoms with E-state index < -0.39 is 0 Å². The van der Waals surface area contributed by atoms with E-state index in [4.69, 9.17) is 4.74 Å². The van der Waals surface area contributed by atoms with E-state index in [1.807, 2.05) is 19.9 Å². The third kappa shape index (κ3) is 3.92. The van der Waals surface area contributed by atoms with Gasteiger partial charge in [0, 0.05) is 15.2 Å². The van der Waals surface area contributed by atoms with Crippen LogP contribution in [0.25, 0.3) is 0 Å². The number of hydrogen-bond donors (Lipinski definition) is 1. The number of methoxy groups -OCH3 is 1. The predicted octanol–water partition coefficient (Wildman–Crippen LogP) is 3.86. The molecule has 0 aliphatic heterocycles. The van der Waals surface area contributed by atoms with E-state index in [1.54, 1.807) is 18.9 Å². The first-order valence-electron chi connectivity index (χ1n) is 6.18. The SMILES string of the molecule is COc1ccc(SC(C)(C)CO)cc1C(C)(C)C. The van der Waals surface area contributed by atoms with Crippen molar-refractivity contribution in [2.24, 2.45) is 0 Å². The Morgan fingerprint density at radius 2 is 1.78 bits per heavy atom. The van der Waals surface area contributed by atoms with Crippen molar-refractivity contribution in [2.75, 3.05) is 13.7 Å². The molecule has 102 valence electrons. The molecule has 0 radical (unpaired) electrons. The highest BCUT2D eigenvalue weighted by molar-refractivity contribution is 8.00. The van der Waals surface area contributed by atoms with Crippen molar-refractivity contribution < 1.29 is 9.84 Å². The summed E-state index contributed by atoms with van der Waals surface area (Å²) in [6, 6.07) is 6.23. The van der Waals surface area contributed by atoms with E-state index in [-0.39, 0.29) is 16.8 Å². The molecule has 1 rings (SSSR count). The first-order valence-corrected chi connectivity index (χ1v) is 6.99. The van der Waals surface area contributed by atoms with Crippen LogP contribution in [0.3, 0.4) is 0 Å². The molecule has 0 unspecified atom stereocenters. The molecule has 0 spiro atoms. The summed E-state index contributed by atoms with van der Waals surface area (Å²) in [6.07, 6.45) is 0. The van der Waals surface area contributed by atoms with E-state index in [2.05, 4.69) is 32.9 Å². The van der Waals surface area contributed by atoms with Crippen LogP contribution in [-0.4, -0.2) is 23.6 Å². The number of thioether (sulfide) groups is 1. The van der Waals surface area contributed by atoms with Gasteiger partial charge in [0.25, 0.3) is 0 Å². The number of rotatable bonds is 4. The molecule has 0 atom stereocenters. The topological polar surface area (TPSA) is 29.5 Å². The molecule has 0 aliphatic rings. The summed E-state index contributed by atoms with van der Waals surface area (Å²) in [4.78, 5) is 1.17. The van der Waals surface area contributed by atoms with Crippen molar-refractivity contribution in [1.29, 1.82) is 0 Å². The predicted molar refractivity (Wildman–Crippen MR) is 78.7 cm³/mol. The van der Waals surface area contributed by atoms with Gasteiger partial charge in [0.05, 0.1) is 13.7 Å². The number of hydrogen-bond acceptors (Lipinski definition) is 3. The summed E-state index contributed by atoms with van der Waals surface area (Å²) in [6.45, 7) is 10.8. The first-order chi connectivity index (χ1) is 8.19. The Morgan fingerprint density at radius 3 is 2.22 bits per heavy atom. The van der Waals surface area contributed by atoms with Crippen molar-refractivity contribution in [2.45, 2.75) is 49.7 Å². The highest BCUT2D eigenvalue weighted by atomic mass is 32.2. The van der Waals surface area contributed by atoms with Crippen molar-refractivity contribution in [3.8, 4) is 5.75 Å². The summed E-state index contributed by atoms with van der Waals surface area (Å²) in [5.74, 6) is 0.925. The van der Waals surface area contributed by atoms with Gasteiger partial charge < -0.3 is 9.84 Å². The normalized spacial score (nSPS) is 12.6. The minimum atomic E-state index is -0.163. The number of benzene rings is 1. The molecule has 0 heterocycles. The van der Waals surface area contributed by atoms with Crippen molar-refractivity contribution in [3.63, 3.8) is 0 Å². The van der Waals surface area contributed by atoms with E-state index in [1.165, 1.54) is 10.5 Å². The molecule has 1 aromatic rings. The zero-order valence-electron chi connectivity index (χ0n) is 12.2. The smallest absolute Gasteiger partial charge is 0.122 e. The quantitative estimate of drug-likeness (QED) is 0.841. The molecule has 0 saturated heterocycles. The molecule has 0 fully saturated rings. The third-order valence-corrected chi connectivity index (χ3v) is 3.93. The number of aliphatic hydroxyl groups is 1. The van der Waals surface area contributed by atoms with Gasteiger partial charge in [-0.3, -0.25) is 0 Å². The molecule has 18 heavy (non-hydrogen) atoms. The van der Waals surface area contributed by atoms with Gasteiger partial charge in [-0.15, -0.1) is 11.8 Å². The van der Waals surface area contributed by atoms with Crippen molar-refractivity contribution in [3.05, 3.63) is 23.8 Å². The summed E-state index contributed by atoms with van der Waals surface area (Å²) in [5, 5.41) is 9.34. The molecule has 1 N–H and O–H groups in total. The van der Waals surface area contributed by atoms with Crippen molar-refractivity contribution >= 4 is 11.8 Å². The molecular formula is C15H24O2S. The molecule has 1 aromatic carbocycles. The highest BCUT2D eigenvalue weighted by Gasteiger charge is 2.22. The molecule has 0 bridgehead atoms. The lowest BCUT2D eigenvalue weighted by molar-refractivity contribution is 0.265. The van der Waals surface area contributed by atoms with Crippen LogP contribution in [0.15, 0.2) is 23.1 Å². The molecular weight excluding hydrogens is 244 g/mol. The maximum atomic E-state index is 9.34. The maximum Gasteiger partial charge on any atom is 0.122 e. The van der Waals surface area contributed by atoms with Crippen LogP contribution in [-0.2, 0) is 5.41 Å². The molecule has 3 heteroatoms. The van der Waals surface area contributed by atoms with Gasteiger partial charge in [0.1, 0.15) is 5.75 Å². The van der Waals surface area contributed by atoms with E-state index in [0.717, 1.165) is 5.75 Å². The Morgan fingerprint density at radius 1 is 1.17 bits per heavy atom. The Balaban J connectivity index is 3.11. The van der Waals surface area contributed by atoms with Gasteiger partial charge in [0.2, 0.25) is 0 Å². The van der Waals surface area contributed by atoms with E-state index >= 15 is 0 Å². The third-order valence-electron chi connectivity index (χ3n) is 2.75. The Labute approximate surface area is 115 Å². The lowest BCUT2D eigenvalue weighted by Gasteiger charge is -2.25. The molecule has 0 saturated carbocycles. The minimum Gasteiger partial charge on any atom is -0.496 e. The minimum absolute atomic E-state index is 0.0469. The van der Waals surface area contributed by atoms with Crippen LogP contribution in [0.5, 0.6) is 5.75 Å². The Kier molecular flexibility index (Phi) is 4.73. The van der Waals surface area contributed by atoms with Crippen LogP contribution >= 0.6 is 11.8 Å². The van der Waals surface area contributed by atoms with Crippen molar-refractivity contribution in [1.82, 2.24) is 0 Å². The van der Waals surface area contributed by atoms with E-state index in [0.29, 0.717) is 0 Å². The van der Waals surface area contributed by atoms with Crippen LogP contribution in [0.4, 0.5) is 0 Å². The van der Waals surface area contributed by atoms with Crippen LogP contribution < -0.4 is 4.74 Å². The lowest BCUT2D eigenvalue weighted by Crippen LogP contribution is -2.20. The second-order valence-electron chi connectivity index (χ2n) is 6.13. The molecule has 2 nitrogen and oxygen atoms in total. The van der Waals surface area contributed by atoms with Gasteiger partial charge in [0.15, 0.2) is 0 Å². The summed E-state index contributed by atoms with van der Waals surface area (Å²) >= 11 is 1.69. The summed E-state index contributed by atoms with van der Waals surface area (Å²) < 4.78 is 5.26. The van der Waals surface area contributed by atoms with Gasteiger partial charge >= 0.3 is 0 Å². The van der Waals surface area contributed by atoms with Crippen LogP contribution in [0, 0.1) is 0 Å². The van der Waals surface area contributed by atoms with Gasteiger partial charge in [-0.2, -0.15) is 0 Å². The molecule has 0 aromatic heterocycles. The second-order valence-corrected chi connectivity index (χ2v) is 7.91. The summed E-state index contributed by atoms with van der Waals surface area (Å²) in [7, 11) is 1.70. The average molecular weight is 268 g/mol. The lowest BCUT2D eigenvalue weighted by atomic mass is 9.86. The first kappa shape index (κ1) is 15.4. The van der Waals surface area contributed by atoms with E-state index in [9.17, 15) is 5.11 Å². The number of ether oxygens (including phenoxy) is 1. The van der Waals surface area contributed by atoms with Gasteiger partial charge in [-0.1, -0.05) is 20.8 Å². The zero-order valence-corrected chi connectivity index (χ0v) is 13.0. The maximum absolute atomic E-state index is 9.34.